The summed E-state index contributed by atoms with van der Waals surface area (Å²) in [5.74, 6) is -0.458. The lowest BCUT2D eigenvalue weighted by Crippen LogP contribution is -2.33. The molecule has 0 saturated carbocycles. The van der Waals surface area contributed by atoms with E-state index in [4.69, 9.17) is 17.3 Å². The summed E-state index contributed by atoms with van der Waals surface area (Å²) in [6.45, 7) is 0. The molecule has 5 nitrogen and oxygen atoms in total. The van der Waals surface area contributed by atoms with Crippen LogP contribution in [-0.2, 0) is 22.4 Å². The molecule has 3 rings (SSSR count). The van der Waals surface area contributed by atoms with Gasteiger partial charge >= 0.3 is 5.97 Å². The van der Waals surface area contributed by atoms with Gasteiger partial charge in [-0.3, -0.25) is 9.59 Å². The second-order valence-electron chi connectivity index (χ2n) is 6.51. The summed E-state index contributed by atoms with van der Waals surface area (Å²) in [6, 6.07) is 16.5. The minimum absolute atomic E-state index is 0.200. The second kappa shape index (κ2) is 8.87. The molecule has 0 fully saturated rings. The molecule has 0 saturated heterocycles. The van der Waals surface area contributed by atoms with Crippen molar-refractivity contribution in [2.75, 3.05) is 7.11 Å². The SMILES string of the molecule is COC(=O)[C@@H](N)Cc1ccc(-c2c(Cc3ccccc3)c(Cl)c[nH]c2=O)cc1. The predicted molar refractivity (Wildman–Crippen MR) is 110 cm³/mol. The van der Waals surface area contributed by atoms with Crippen LogP contribution < -0.4 is 11.3 Å². The fourth-order valence-electron chi connectivity index (χ4n) is 3.12. The Morgan fingerprint density at radius 2 is 1.79 bits per heavy atom. The molecule has 0 unspecified atom stereocenters. The lowest BCUT2D eigenvalue weighted by molar-refractivity contribution is -0.142. The van der Waals surface area contributed by atoms with Crippen LogP contribution in [0.2, 0.25) is 5.02 Å². The number of methoxy groups -OCH3 is 1. The fourth-order valence-corrected chi connectivity index (χ4v) is 3.33. The van der Waals surface area contributed by atoms with Crippen LogP contribution in [0.4, 0.5) is 0 Å². The Balaban J connectivity index is 1.94. The van der Waals surface area contributed by atoms with E-state index in [1.54, 1.807) is 0 Å². The third-order valence-corrected chi connectivity index (χ3v) is 4.91. The third-order valence-electron chi connectivity index (χ3n) is 4.57. The summed E-state index contributed by atoms with van der Waals surface area (Å²) in [5.41, 5.74) is 9.63. The largest absolute Gasteiger partial charge is 0.468 e. The molecule has 0 spiro atoms. The summed E-state index contributed by atoms with van der Waals surface area (Å²) in [7, 11) is 1.31. The van der Waals surface area contributed by atoms with Crippen molar-refractivity contribution in [1.29, 1.82) is 0 Å². The standard InChI is InChI=1S/C22H21ClN2O3/c1-28-22(27)19(24)12-15-7-9-16(10-8-15)20-17(18(23)13-25-21(20)26)11-14-5-3-2-4-6-14/h2-10,13,19H,11-12,24H2,1H3,(H,25,26)/t19-/m0/s1. The molecule has 1 atom stereocenters. The summed E-state index contributed by atoms with van der Waals surface area (Å²) in [6.07, 6.45) is 2.43. The van der Waals surface area contributed by atoms with Crippen molar-refractivity contribution in [3.8, 4) is 11.1 Å². The van der Waals surface area contributed by atoms with Crippen LogP contribution in [-0.4, -0.2) is 24.1 Å². The van der Waals surface area contributed by atoms with E-state index in [1.807, 2.05) is 54.6 Å². The van der Waals surface area contributed by atoms with Gasteiger partial charge in [0, 0.05) is 6.20 Å². The third kappa shape index (κ3) is 4.50. The maximum atomic E-state index is 12.6. The van der Waals surface area contributed by atoms with Crippen LogP contribution in [0.25, 0.3) is 11.1 Å². The molecule has 28 heavy (non-hydrogen) atoms. The average molecular weight is 397 g/mol. The number of aromatic amines is 1. The van der Waals surface area contributed by atoms with Gasteiger partial charge in [0.25, 0.3) is 5.56 Å². The first-order valence-electron chi connectivity index (χ1n) is 8.86. The quantitative estimate of drug-likeness (QED) is 0.626. The van der Waals surface area contributed by atoms with Gasteiger partial charge in [0.2, 0.25) is 0 Å². The summed E-state index contributed by atoms with van der Waals surface area (Å²) >= 11 is 6.41. The first-order valence-corrected chi connectivity index (χ1v) is 9.24. The van der Waals surface area contributed by atoms with E-state index in [9.17, 15) is 9.59 Å². The second-order valence-corrected chi connectivity index (χ2v) is 6.92. The zero-order valence-electron chi connectivity index (χ0n) is 15.4. The van der Waals surface area contributed by atoms with Crippen molar-refractivity contribution in [2.45, 2.75) is 18.9 Å². The number of hydrogen-bond acceptors (Lipinski definition) is 4. The zero-order valence-corrected chi connectivity index (χ0v) is 16.2. The Morgan fingerprint density at radius 3 is 2.43 bits per heavy atom. The van der Waals surface area contributed by atoms with E-state index < -0.39 is 12.0 Å². The highest BCUT2D eigenvalue weighted by atomic mass is 35.5. The molecular formula is C22H21ClN2O3. The van der Waals surface area contributed by atoms with Gasteiger partial charge in [-0.25, -0.2) is 0 Å². The first-order chi connectivity index (χ1) is 13.5. The van der Waals surface area contributed by atoms with Crippen LogP contribution in [0, 0.1) is 0 Å². The molecule has 0 aliphatic carbocycles. The molecule has 2 aromatic carbocycles. The predicted octanol–water partition coefficient (Wildman–Crippen LogP) is 3.33. The molecule has 1 heterocycles. The van der Waals surface area contributed by atoms with Crippen molar-refractivity contribution in [2.24, 2.45) is 5.73 Å². The number of halogens is 1. The Morgan fingerprint density at radius 1 is 1.11 bits per heavy atom. The molecule has 6 heteroatoms. The van der Waals surface area contributed by atoms with Crippen molar-refractivity contribution < 1.29 is 9.53 Å². The minimum atomic E-state index is -0.723. The van der Waals surface area contributed by atoms with Crippen molar-refractivity contribution >= 4 is 17.6 Å². The molecule has 0 bridgehead atoms. The Kier molecular flexibility index (Phi) is 6.29. The van der Waals surface area contributed by atoms with Crippen LogP contribution in [0.15, 0.2) is 65.6 Å². The number of carbonyl (C=O) groups excluding carboxylic acids is 1. The van der Waals surface area contributed by atoms with E-state index in [-0.39, 0.29) is 5.56 Å². The van der Waals surface area contributed by atoms with Gasteiger partial charge in [-0.2, -0.15) is 0 Å². The number of nitrogens with one attached hydrogen (secondary N) is 1. The first kappa shape index (κ1) is 19.9. The van der Waals surface area contributed by atoms with E-state index >= 15 is 0 Å². The lowest BCUT2D eigenvalue weighted by atomic mass is 9.95. The Bertz CT molecular complexity index is 1010. The number of aromatic nitrogens is 1. The highest BCUT2D eigenvalue weighted by Crippen LogP contribution is 2.28. The van der Waals surface area contributed by atoms with Crippen LogP contribution in [0.3, 0.4) is 0 Å². The number of hydrogen-bond donors (Lipinski definition) is 2. The highest BCUT2D eigenvalue weighted by Gasteiger charge is 2.16. The number of pyridine rings is 1. The molecule has 0 aliphatic heterocycles. The van der Waals surface area contributed by atoms with E-state index in [0.29, 0.717) is 23.4 Å². The van der Waals surface area contributed by atoms with Crippen LogP contribution in [0.5, 0.6) is 0 Å². The van der Waals surface area contributed by atoms with Gasteiger partial charge in [-0.05, 0) is 35.1 Å². The molecule has 0 radical (unpaired) electrons. The number of H-pyrrole nitrogens is 1. The topological polar surface area (TPSA) is 85.2 Å². The van der Waals surface area contributed by atoms with Crippen LogP contribution in [0.1, 0.15) is 16.7 Å². The number of esters is 1. The van der Waals surface area contributed by atoms with Crippen LogP contribution >= 0.6 is 11.6 Å². The molecular weight excluding hydrogens is 376 g/mol. The van der Waals surface area contributed by atoms with Gasteiger partial charge in [0.05, 0.1) is 17.7 Å². The monoisotopic (exact) mass is 396 g/mol. The normalized spacial score (nSPS) is 11.8. The number of rotatable bonds is 6. The Hall–Kier alpha value is -2.89. The average Bonchev–Trinajstić information content (AvgIpc) is 2.72. The summed E-state index contributed by atoms with van der Waals surface area (Å²) in [5, 5.41) is 0.509. The zero-order chi connectivity index (χ0) is 20.1. The number of nitrogens with two attached hydrogens (primary N) is 1. The smallest absolute Gasteiger partial charge is 0.322 e. The summed E-state index contributed by atoms with van der Waals surface area (Å²) < 4.78 is 4.65. The van der Waals surface area contributed by atoms with Crippen molar-refractivity contribution in [1.82, 2.24) is 4.98 Å². The van der Waals surface area contributed by atoms with Gasteiger partial charge < -0.3 is 15.5 Å². The molecule has 3 N–H and O–H groups in total. The van der Waals surface area contributed by atoms with Gasteiger partial charge in [-0.15, -0.1) is 0 Å². The van der Waals surface area contributed by atoms with E-state index in [1.165, 1.54) is 13.3 Å². The van der Waals surface area contributed by atoms with E-state index in [0.717, 1.165) is 22.3 Å². The molecule has 0 amide bonds. The van der Waals surface area contributed by atoms with Gasteiger partial charge in [-0.1, -0.05) is 66.2 Å². The maximum absolute atomic E-state index is 12.6. The Labute approximate surface area is 168 Å². The maximum Gasteiger partial charge on any atom is 0.322 e. The number of carbonyl (C=O) groups is 1. The van der Waals surface area contributed by atoms with Crippen molar-refractivity contribution in [3.63, 3.8) is 0 Å². The van der Waals surface area contributed by atoms with Crippen molar-refractivity contribution in [3.05, 3.63) is 92.9 Å². The molecule has 144 valence electrons. The highest BCUT2D eigenvalue weighted by molar-refractivity contribution is 6.31. The molecule has 1 aromatic heterocycles. The van der Waals surface area contributed by atoms with Gasteiger partial charge in [0.15, 0.2) is 0 Å². The fraction of sp³-hybridized carbons (Fsp3) is 0.182. The minimum Gasteiger partial charge on any atom is -0.468 e. The summed E-state index contributed by atoms with van der Waals surface area (Å²) in [4.78, 5) is 26.8. The van der Waals surface area contributed by atoms with E-state index in [2.05, 4.69) is 9.72 Å². The number of benzene rings is 2. The lowest BCUT2D eigenvalue weighted by Gasteiger charge is -2.13. The molecule has 0 aliphatic rings. The number of ether oxygens (including phenoxy) is 1. The molecule has 3 aromatic rings. The van der Waals surface area contributed by atoms with Gasteiger partial charge in [0.1, 0.15) is 6.04 Å².